The van der Waals surface area contributed by atoms with Crippen molar-refractivity contribution in [1.82, 2.24) is 24.6 Å². The number of anilines is 1. The molecule has 3 heterocycles. The van der Waals surface area contributed by atoms with E-state index < -0.39 is 0 Å². The number of likely N-dealkylation sites (tertiary alicyclic amines) is 1. The van der Waals surface area contributed by atoms with Crippen molar-refractivity contribution < 1.29 is 13.9 Å². The summed E-state index contributed by atoms with van der Waals surface area (Å²) in [6.07, 6.45) is 4.19. The molecule has 0 unspecified atom stereocenters. The summed E-state index contributed by atoms with van der Waals surface area (Å²) in [7, 11) is 5.40. The molecule has 1 saturated carbocycles. The Balaban J connectivity index is 1.46. The lowest BCUT2D eigenvalue weighted by molar-refractivity contribution is -0.121. The van der Waals surface area contributed by atoms with Crippen molar-refractivity contribution in [3.63, 3.8) is 0 Å². The van der Waals surface area contributed by atoms with Crippen molar-refractivity contribution in [2.75, 3.05) is 32.6 Å². The Morgan fingerprint density at radius 3 is 2.74 bits per heavy atom. The van der Waals surface area contributed by atoms with Gasteiger partial charge in [0.15, 0.2) is 0 Å². The van der Waals surface area contributed by atoms with Crippen LogP contribution in [0.3, 0.4) is 0 Å². The number of carbonyl (C=O) groups is 1. The maximum Gasteiger partial charge on any atom is 0.232 e. The van der Waals surface area contributed by atoms with Crippen molar-refractivity contribution in [1.29, 1.82) is 0 Å². The van der Waals surface area contributed by atoms with Gasteiger partial charge >= 0.3 is 0 Å². The lowest BCUT2D eigenvalue weighted by atomic mass is 10.0. The zero-order valence-electron chi connectivity index (χ0n) is 19.7. The third-order valence-corrected chi connectivity index (χ3v) is 7.19. The van der Waals surface area contributed by atoms with Gasteiger partial charge in [-0.05, 0) is 37.6 Å². The van der Waals surface area contributed by atoms with Crippen molar-refractivity contribution in [2.24, 2.45) is 18.4 Å². The molecule has 2 atom stereocenters. The standard InChI is InChI=1S/C26H25FN6O2/c1-32-11-15-10-26(15,13-32)25(34)30-21-8-17-20(9-22(21)35-3)28-14-29-23(17)18-12-33(2)31-24(18)16-6-4-5-7-19(16)27/h4-9,12,14-15H,10-11,13H2,1-3H3,(H,30,34)/t15-,26-/m1/s1. The predicted octanol–water partition coefficient (Wildman–Crippen LogP) is 3.74. The third-order valence-electron chi connectivity index (χ3n) is 7.19. The van der Waals surface area contributed by atoms with Gasteiger partial charge in [0.05, 0.1) is 29.4 Å². The van der Waals surface area contributed by atoms with Crippen molar-refractivity contribution in [3.8, 4) is 28.3 Å². The van der Waals surface area contributed by atoms with E-state index in [2.05, 4.69) is 25.3 Å². The molecule has 2 aromatic heterocycles. The van der Waals surface area contributed by atoms with Gasteiger partial charge in [0.2, 0.25) is 5.91 Å². The molecule has 1 aliphatic carbocycles. The van der Waals surface area contributed by atoms with Crippen LogP contribution in [0.2, 0.25) is 0 Å². The van der Waals surface area contributed by atoms with Gasteiger partial charge in [-0.3, -0.25) is 9.48 Å². The van der Waals surface area contributed by atoms with E-state index in [1.54, 1.807) is 43.1 Å². The molecule has 2 aliphatic rings. The number of rotatable bonds is 5. The molecular formula is C26H25FN6O2. The highest BCUT2D eigenvalue weighted by atomic mass is 19.1. The van der Waals surface area contributed by atoms with Crippen LogP contribution in [0.5, 0.6) is 5.75 Å². The van der Waals surface area contributed by atoms with Crippen LogP contribution in [0, 0.1) is 17.2 Å². The van der Waals surface area contributed by atoms with Crippen LogP contribution in [0.25, 0.3) is 33.4 Å². The molecule has 4 aromatic rings. The lowest BCUT2D eigenvalue weighted by Crippen LogP contribution is -2.30. The van der Waals surface area contributed by atoms with E-state index in [1.807, 2.05) is 19.3 Å². The number of aromatic nitrogens is 4. The average Bonchev–Trinajstić information content (AvgIpc) is 3.21. The van der Waals surface area contributed by atoms with Gasteiger partial charge in [-0.2, -0.15) is 5.10 Å². The molecular weight excluding hydrogens is 447 g/mol. The van der Waals surface area contributed by atoms with Gasteiger partial charge in [-0.25, -0.2) is 14.4 Å². The second kappa shape index (κ2) is 7.84. The first-order chi connectivity index (χ1) is 16.9. The second-order valence-electron chi connectivity index (χ2n) is 9.54. The van der Waals surface area contributed by atoms with E-state index in [1.165, 1.54) is 12.4 Å². The Kier molecular flexibility index (Phi) is 4.86. The van der Waals surface area contributed by atoms with Crippen LogP contribution < -0.4 is 10.1 Å². The van der Waals surface area contributed by atoms with E-state index in [-0.39, 0.29) is 17.1 Å². The normalized spacial score (nSPS) is 21.2. The predicted molar refractivity (Wildman–Crippen MR) is 130 cm³/mol. The van der Waals surface area contributed by atoms with Gasteiger partial charge < -0.3 is 15.0 Å². The van der Waals surface area contributed by atoms with Gasteiger partial charge in [0.25, 0.3) is 0 Å². The number of carbonyl (C=O) groups excluding carboxylic acids is 1. The molecule has 9 heteroatoms. The van der Waals surface area contributed by atoms with Gasteiger partial charge in [-0.1, -0.05) is 12.1 Å². The average molecular weight is 473 g/mol. The number of piperidine rings is 1. The van der Waals surface area contributed by atoms with Crippen LogP contribution in [0.4, 0.5) is 10.1 Å². The molecule has 1 amide bonds. The Bertz CT molecular complexity index is 1480. The molecule has 1 aliphatic heterocycles. The molecule has 2 fully saturated rings. The zero-order valence-corrected chi connectivity index (χ0v) is 19.7. The van der Waals surface area contributed by atoms with Crippen LogP contribution in [-0.4, -0.2) is 57.8 Å². The van der Waals surface area contributed by atoms with Gasteiger partial charge in [0.1, 0.15) is 23.6 Å². The molecule has 8 nitrogen and oxygen atoms in total. The number of fused-ring (bicyclic) bond motifs is 2. The molecule has 0 bridgehead atoms. The van der Waals surface area contributed by atoms with Crippen molar-refractivity contribution in [3.05, 3.63) is 54.7 Å². The highest BCUT2D eigenvalue weighted by molar-refractivity contribution is 6.04. The number of halogens is 1. The molecule has 1 saturated heterocycles. The molecule has 35 heavy (non-hydrogen) atoms. The van der Waals surface area contributed by atoms with Crippen LogP contribution in [0.1, 0.15) is 6.42 Å². The number of hydrogen-bond acceptors (Lipinski definition) is 6. The Hall–Kier alpha value is -3.85. The van der Waals surface area contributed by atoms with Crippen molar-refractivity contribution >= 4 is 22.5 Å². The van der Waals surface area contributed by atoms with Gasteiger partial charge in [-0.15, -0.1) is 0 Å². The number of ether oxygens (including phenoxy) is 1. The third kappa shape index (κ3) is 3.46. The highest BCUT2D eigenvalue weighted by Crippen LogP contribution is 2.58. The molecule has 178 valence electrons. The first-order valence-corrected chi connectivity index (χ1v) is 11.5. The van der Waals surface area contributed by atoms with Crippen LogP contribution in [-0.2, 0) is 11.8 Å². The number of aryl methyl sites for hydroxylation is 1. The number of benzene rings is 2. The SMILES string of the molecule is COc1cc2ncnc(-c3cn(C)nc3-c3ccccc3F)c2cc1NC(=O)[C@@]12C[C@@H]1CN(C)C2. The molecule has 0 spiro atoms. The Morgan fingerprint density at radius 1 is 1.17 bits per heavy atom. The number of methoxy groups -OCH3 is 1. The van der Waals surface area contributed by atoms with E-state index >= 15 is 0 Å². The largest absolute Gasteiger partial charge is 0.494 e. The van der Waals surface area contributed by atoms with E-state index in [4.69, 9.17) is 4.74 Å². The second-order valence-corrected chi connectivity index (χ2v) is 9.54. The minimum absolute atomic E-state index is 0.0105. The van der Waals surface area contributed by atoms with Crippen LogP contribution >= 0.6 is 0 Å². The fourth-order valence-electron chi connectivity index (χ4n) is 5.41. The lowest BCUT2D eigenvalue weighted by Gasteiger charge is -2.18. The summed E-state index contributed by atoms with van der Waals surface area (Å²) < 4.78 is 21.9. The summed E-state index contributed by atoms with van der Waals surface area (Å²) in [6.45, 7) is 1.70. The maximum absolute atomic E-state index is 14.7. The van der Waals surface area contributed by atoms with E-state index in [9.17, 15) is 9.18 Å². The number of amides is 1. The summed E-state index contributed by atoms with van der Waals surface area (Å²) in [5.41, 5.74) is 3.03. The summed E-state index contributed by atoms with van der Waals surface area (Å²) in [5, 5.41) is 8.34. The summed E-state index contributed by atoms with van der Waals surface area (Å²) >= 11 is 0. The van der Waals surface area contributed by atoms with E-state index in [0.717, 1.165) is 19.5 Å². The van der Waals surface area contributed by atoms with Gasteiger partial charge in [0, 0.05) is 48.9 Å². The molecule has 0 radical (unpaired) electrons. The summed E-state index contributed by atoms with van der Waals surface area (Å²) in [5.74, 6) is 0.573. The van der Waals surface area contributed by atoms with Crippen LogP contribution in [0.15, 0.2) is 48.9 Å². The molecule has 6 rings (SSSR count). The zero-order chi connectivity index (χ0) is 24.3. The summed E-state index contributed by atoms with van der Waals surface area (Å²) in [6, 6.07) is 10.2. The quantitative estimate of drug-likeness (QED) is 0.476. The Morgan fingerprint density at radius 2 is 2.00 bits per heavy atom. The number of nitrogens with one attached hydrogen (secondary N) is 1. The summed E-state index contributed by atoms with van der Waals surface area (Å²) in [4.78, 5) is 24.4. The first kappa shape index (κ1) is 21.7. The van der Waals surface area contributed by atoms with E-state index in [0.29, 0.717) is 50.8 Å². The minimum atomic E-state index is -0.361. The fourth-order valence-corrected chi connectivity index (χ4v) is 5.41. The Labute approximate surface area is 201 Å². The van der Waals surface area contributed by atoms with Crippen molar-refractivity contribution in [2.45, 2.75) is 6.42 Å². The maximum atomic E-state index is 14.7. The topological polar surface area (TPSA) is 85.2 Å². The number of nitrogens with zero attached hydrogens (tertiary/aromatic N) is 5. The number of hydrogen-bond donors (Lipinski definition) is 1. The minimum Gasteiger partial charge on any atom is -0.494 e. The highest BCUT2D eigenvalue weighted by Gasteiger charge is 2.64. The smallest absolute Gasteiger partial charge is 0.232 e. The molecule has 1 N–H and O–H groups in total. The monoisotopic (exact) mass is 472 g/mol. The fraction of sp³-hybridized carbons (Fsp3) is 0.308. The molecule has 2 aromatic carbocycles. The first-order valence-electron chi connectivity index (χ1n) is 11.5.